The third kappa shape index (κ3) is 2.17. The first-order valence-electron chi connectivity index (χ1n) is 5.80. The molecule has 0 amide bonds. The van der Waals surface area contributed by atoms with Crippen LogP contribution in [0.25, 0.3) is 0 Å². The summed E-state index contributed by atoms with van der Waals surface area (Å²) in [6.45, 7) is 0.926. The number of aliphatic hydroxyl groups is 1. The standard InChI is InChI=1S/C12H16N4O/c13-7-9-4-5-15-12(11(9)14)16-6-2-1-3-10(16)8-17/h4-5,10,17H,1-3,6,8,14H2. The van der Waals surface area contributed by atoms with Crippen LogP contribution in [0, 0.1) is 11.3 Å². The number of piperidine rings is 1. The molecule has 1 aliphatic heterocycles. The highest BCUT2D eigenvalue weighted by atomic mass is 16.3. The predicted molar refractivity (Wildman–Crippen MR) is 65.4 cm³/mol. The molecule has 0 aromatic carbocycles. The Balaban J connectivity index is 2.35. The number of anilines is 2. The molecule has 2 heterocycles. The zero-order valence-corrected chi connectivity index (χ0v) is 9.63. The van der Waals surface area contributed by atoms with E-state index in [2.05, 4.69) is 11.1 Å². The minimum Gasteiger partial charge on any atom is -0.395 e. The van der Waals surface area contributed by atoms with Gasteiger partial charge in [-0.3, -0.25) is 0 Å². The fourth-order valence-electron chi connectivity index (χ4n) is 2.26. The molecule has 1 atom stereocenters. The van der Waals surface area contributed by atoms with Gasteiger partial charge in [-0.05, 0) is 25.3 Å². The second-order valence-electron chi connectivity index (χ2n) is 4.23. The molecule has 1 aromatic rings. The zero-order chi connectivity index (χ0) is 12.3. The van der Waals surface area contributed by atoms with Crippen LogP contribution in [0.4, 0.5) is 11.5 Å². The Morgan fingerprint density at radius 1 is 1.59 bits per heavy atom. The second kappa shape index (κ2) is 5.02. The van der Waals surface area contributed by atoms with Crippen molar-refractivity contribution in [2.75, 3.05) is 23.8 Å². The molecule has 0 saturated carbocycles. The topological polar surface area (TPSA) is 86.2 Å². The van der Waals surface area contributed by atoms with Gasteiger partial charge in [0.25, 0.3) is 0 Å². The monoisotopic (exact) mass is 232 g/mol. The average molecular weight is 232 g/mol. The van der Waals surface area contributed by atoms with Crippen molar-refractivity contribution < 1.29 is 5.11 Å². The second-order valence-corrected chi connectivity index (χ2v) is 4.23. The van der Waals surface area contributed by atoms with Crippen LogP contribution in [0.3, 0.4) is 0 Å². The molecule has 1 fully saturated rings. The first-order chi connectivity index (χ1) is 8.27. The maximum Gasteiger partial charge on any atom is 0.153 e. The number of nitrogen functional groups attached to an aromatic ring is 1. The third-order valence-electron chi connectivity index (χ3n) is 3.20. The fraction of sp³-hybridized carbons (Fsp3) is 0.500. The number of nitrogens with two attached hydrogens (primary N) is 1. The summed E-state index contributed by atoms with van der Waals surface area (Å²) < 4.78 is 0. The first-order valence-corrected chi connectivity index (χ1v) is 5.80. The van der Waals surface area contributed by atoms with Gasteiger partial charge in [-0.1, -0.05) is 0 Å². The van der Waals surface area contributed by atoms with E-state index in [0.29, 0.717) is 17.1 Å². The number of nitriles is 1. The minimum absolute atomic E-state index is 0.0625. The molecule has 0 spiro atoms. The maximum atomic E-state index is 9.36. The normalized spacial score (nSPS) is 20.0. The fourth-order valence-corrected chi connectivity index (χ4v) is 2.26. The Morgan fingerprint density at radius 3 is 3.12 bits per heavy atom. The summed E-state index contributed by atoms with van der Waals surface area (Å²) in [5.41, 5.74) is 6.79. The molecule has 1 unspecified atom stereocenters. The molecule has 90 valence electrons. The number of aliphatic hydroxyl groups excluding tert-OH is 1. The Bertz CT molecular complexity index is 441. The van der Waals surface area contributed by atoms with E-state index in [9.17, 15) is 5.11 Å². The van der Waals surface area contributed by atoms with Crippen molar-refractivity contribution in [2.24, 2.45) is 0 Å². The van der Waals surface area contributed by atoms with E-state index in [0.717, 1.165) is 25.8 Å². The van der Waals surface area contributed by atoms with Gasteiger partial charge in [-0.2, -0.15) is 5.26 Å². The van der Waals surface area contributed by atoms with Crippen molar-refractivity contribution in [3.63, 3.8) is 0 Å². The lowest BCUT2D eigenvalue weighted by atomic mass is 10.0. The summed E-state index contributed by atoms with van der Waals surface area (Å²) in [6, 6.07) is 3.72. The van der Waals surface area contributed by atoms with E-state index < -0.39 is 0 Å². The van der Waals surface area contributed by atoms with Crippen molar-refractivity contribution in [3.8, 4) is 6.07 Å². The number of hydrogen-bond acceptors (Lipinski definition) is 5. The molecular formula is C12H16N4O. The molecule has 2 rings (SSSR count). The van der Waals surface area contributed by atoms with Crippen molar-refractivity contribution in [1.29, 1.82) is 5.26 Å². The summed E-state index contributed by atoms with van der Waals surface area (Å²) in [5, 5.41) is 18.3. The lowest BCUT2D eigenvalue weighted by Crippen LogP contribution is -2.42. The molecule has 1 aromatic heterocycles. The van der Waals surface area contributed by atoms with Gasteiger partial charge in [0.15, 0.2) is 5.82 Å². The van der Waals surface area contributed by atoms with Crippen LogP contribution >= 0.6 is 0 Å². The molecule has 3 N–H and O–H groups in total. The number of aromatic nitrogens is 1. The number of nitrogens with zero attached hydrogens (tertiary/aromatic N) is 3. The van der Waals surface area contributed by atoms with Gasteiger partial charge in [0.05, 0.1) is 23.9 Å². The van der Waals surface area contributed by atoms with Crippen molar-refractivity contribution in [3.05, 3.63) is 17.8 Å². The molecule has 0 aliphatic carbocycles. The van der Waals surface area contributed by atoms with Crippen LogP contribution in [-0.2, 0) is 0 Å². The first kappa shape index (κ1) is 11.7. The maximum absolute atomic E-state index is 9.36. The Hall–Kier alpha value is -1.80. The Kier molecular flexibility index (Phi) is 3.45. The lowest BCUT2D eigenvalue weighted by Gasteiger charge is -2.36. The molecule has 1 saturated heterocycles. The molecule has 0 radical (unpaired) electrons. The SMILES string of the molecule is N#Cc1ccnc(N2CCCCC2CO)c1N. The van der Waals surface area contributed by atoms with Crippen LogP contribution in [0.2, 0.25) is 0 Å². The highest BCUT2D eigenvalue weighted by Gasteiger charge is 2.25. The largest absolute Gasteiger partial charge is 0.395 e. The van der Waals surface area contributed by atoms with E-state index in [1.807, 2.05) is 4.90 Å². The van der Waals surface area contributed by atoms with E-state index in [1.165, 1.54) is 0 Å². The minimum atomic E-state index is 0.0625. The van der Waals surface area contributed by atoms with Crippen LogP contribution in [0.5, 0.6) is 0 Å². The predicted octanol–water partition coefficient (Wildman–Crippen LogP) is 0.887. The van der Waals surface area contributed by atoms with E-state index in [4.69, 9.17) is 11.0 Å². The summed E-state index contributed by atoms with van der Waals surface area (Å²) in [7, 11) is 0. The molecular weight excluding hydrogens is 216 g/mol. The van der Waals surface area contributed by atoms with Crippen LogP contribution in [0.15, 0.2) is 12.3 Å². The molecule has 17 heavy (non-hydrogen) atoms. The van der Waals surface area contributed by atoms with Crippen LogP contribution < -0.4 is 10.6 Å². The average Bonchev–Trinajstić information content (AvgIpc) is 2.39. The highest BCUT2D eigenvalue weighted by Crippen LogP contribution is 2.29. The van der Waals surface area contributed by atoms with E-state index in [1.54, 1.807) is 12.3 Å². The van der Waals surface area contributed by atoms with Crippen LogP contribution in [0.1, 0.15) is 24.8 Å². The molecule has 0 bridgehead atoms. The Morgan fingerprint density at radius 2 is 2.41 bits per heavy atom. The summed E-state index contributed by atoms with van der Waals surface area (Å²) in [4.78, 5) is 6.26. The van der Waals surface area contributed by atoms with Gasteiger partial charge in [-0.25, -0.2) is 4.98 Å². The number of rotatable bonds is 2. The van der Waals surface area contributed by atoms with E-state index in [-0.39, 0.29) is 12.6 Å². The lowest BCUT2D eigenvalue weighted by molar-refractivity contribution is 0.239. The van der Waals surface area contributed by atoms with Gasteiger partial charge in [0.1, 0.15) is 6.07 Å². The van der Waals surface area contributed by atoms with Crippen molar-refractivity contribution >= 4 is 11.5 Å². The summed E-state index contributed by atoms with van der Waals surface area (Å²) >= 11 is 0. The highest BCUT2D eigenvalue weighted by molar-refractivity contribution is 5.70. The van der Waals surface area contributed by atoms with Gasteiger partial charge in [-0.15, -0.1) is 0 Å². The van der Waals surface area contributed by atoms with Crippen molar-refractivity contribution in [1.82, 2.24) is 4.98 Å². The van der Waals surface area contributed by atoms with Gasteiger partial charge in [0, 0.05) is 12.7 Å². The quantitative estimate of drug-likeness (QED) is 0.790. The smallest absolute Gasteiger partial charge is 0.153 e. The Labute approximate surface area is 100 Å². The van der Waals surface area contributed by atoms with E-state index >= 15 is 0 Å². The molecule has 1 aliphatic rings. The summed E-state index contributed by atoms with van der Waals surface area (Å²) in [5.74, 6) is 0.628. The van der Waals surface area contributed by atoms with Gasteiger partial charge < -0.3 is 15.7 Å². The van der Waals surface area contributed by atoms with Crippen molar-refractivity contribution in [2.45, 2.75) is 25.3 Å². The van der Waals surface area contributed by atoms with Gasteiger partial charge >= 0.3 is 0 Å². The number of pyridine rings is 1. The third-order valence-corrected chi connectivity index (χ3v) is 3.20. The zero-order valence-electron chi connectivity index (χ0n) is 9.63. The van der Waals surface area contributed by atoms with Gasteiger partial charge in [0.2, 0.25) is 0 Å². The molecule has 5 nitrogen and oxygen atoms in total. The summed E-state index contributed by atoms with van der Waals surface area (Å²) in [6.07, 6.45) is 4.70. The van der Waals surface area contributed by atoms with Crippen LogP contribution in [-0.4, -0.2) is 29.3 Å². The number of hydrogen-bond donors (Lipinski definition) is 2. The molecule has 5 heteroatoms.